The number of epoxide rings is 2. The molecule has 2 atom stereocenters. The summed E-state index contributed by atoms with van der Waals surface area (Å²) in [6.45, 7) is 12.0. The number of ether oxygens (including phenoxy) is 2. The Labute approximate surface area is 172 Å². The highest BCUT2D eigenvalue weighted by Gasteiger charge is 2.30. The fraction of sp³-hybridized carbons (Fsp3) is 0.500. The van der Waals surface area contributed by atoms with Crippen molar-refractivity contribution in [3.8, 4) is 0 Å². The van der Waals surface area contributed by atoms with Crippen LogP contribution in [0.3, 0.4) is 0 Å². The van der Waals surface area contributed by atoms with E-state index in [9.17, 15) is 0 Å². The Morgan fingerprint density at radius 2 is 0.964 bits per heavy atom. The minimum atomic E-state index is -1.41. The Morgan fingerprint density at radius 1 is 0.643 bits per heavy atom. The Bertz CT molecular complexity index is 719. The standard InChI is InChI=1S/C24H34O2Si2/c1-27(2,23-9-5-19(6-10-23)15-21-17-25-21)13-14-28(3,4)24-11-7-20(8-12-24)16-22-18-26-22/h5-12,21-22H,13-18H2,1-4H3. The highest BCUT2D eigenvalue weighted by molar-refractivity contribution is 6.94. The number of benzene rings is 2. The molecule has 2 aliphatic rings. The van der Waals surface area contributed by atoms with E-state index >= 15 is 0 Å². The Morgan fingerprint density at radius 3 is 1.25 bits per heavy atom. The zero-order valence-electron chi connectivity index (χ0n) is 17.8. The molecule has 2 nitrogen and oxygen atoms in total. The smallest absolute Gasteiger partial charge is 0.0850 e. The second-order valence-corrected chi connectivity index (χ2v) is 19.7. The first kappa shape index (κ1) is 20.1. The normalized spacial score (nSPS) is 21.6. The third-order valence-electron chi connectivity index (χ3n) is 6.58. The van der Waals surface area contributed by atoms with Crippen LogP contribution in [0.5, 0.6) is 0 Å². The maximum Gasteiger partial charge on any atom is 0.0850 e. The summed E-state index contributed by atoms with van der Waals surface area (Å²) in [5.74, 6) is 0. The van der Waals surface area contributed by atoms with Crippen LogP contribution >= 0.6 is 0 Å². The molecule has 0 spiro atoms. The second kappa shape index (κ2) is 7.90. The lowest BCUT2D eigenvalue weighted by Gasteiger charge is -2.29. The molecule has 4 heteroatoms. The third kappa shape index (κ3) is 5.23. The van der Waals surface area contributed by atoms with Gasteiger partial charge in [0.1, 0.15) is 0 Å². The molecule has 2 aliphatic heterocycles. The monoisotopic (exact) mass is 410 g/mol. The average Bonchev–Trinajstić information content (AvgIpc) is 3.59. The molecular weight excluding hydrogens is 376 g/mol. The molecule has 150 valence electrons. The van der Waals surface area contributed by atoms with Crippen molar-refractivity contribution in [3.05, 3.63) is 59.7 Å². The summed E-state index contributed by atoms with van der Waals surface area (Å²) in [6, 6.07) is 21.6. The number of hydrogen-bond donors (Lipinski definition) is 0. The fourth-order valence-corrected chi connectivity index (χ4v) is 11.7. The van der Waals surface area contributed by atoms with E-state index in [1.54, 1.807) is 10.4 Å². The van der Waals surface area contributed by atoms with Gasteiger partial charge in [-0.1, -0.05) is 97.2 Å². The summed E-state index contributed by atoms with van der Waals surface area (Å²) >= 11 is 0. The molecule has 28 heavy (non-hydrogen) atoms. The molecule has 0 aliphatic carbocycles. The molecule has 0 bridgehead atoms. The van der Waals surface area contributed by atoms with Gasteiger partial charge in [-0.15, -0.1) is 0 Å². The molecule has 2 aromatic carbocycles. The lowest BCUT2D eigenvalue weighted by atomic mass is 10.1. The van der Waals surface area contributed by atoms with Crippen LogP contribution in [0, 0.1) is 0 Å². The highest BCUT2D eigenvalue weighted by atomic mass is 28.3. The average molecular weight is 411 g/mol. The van der Waals surface area contributed by atoms with Gasteiger partial charge in [0.05, 0.1) is 41.6 Å². The van der Waals surface area contributed by atoms with Crippen molar-refractivity contribution in [1.82, 2.24) is 0 Å². The maximum absolute atomic E-state index is 5.36. The van der Waals surface area contributed by atoms with Crippen LogP contribution in [0.2, 0.25) is 38.3 Å². The third-order valence-corrected chi connectivity index (χ3v) is 13.9. The maximum atomic E-state index is 5.36. The van der Waals surface area contributed by atoms with Crippen LogP contribution in [-0.4, -0.2) is 41.6 Å². The summed E-state index contributed by atoms with van der Waals surface area (Å²) in [5.41, 5.74) is 2.84. The molecule has 4 rings (SSSR count). The van der Waals surface area contributed by atoms with E-state index in [2.05, 4.69) is 74.7 Å². The first-order chi connectivity index (χ1) is 13.3. The van der Waals surface area contributed by atoms with Crippen molar-refractivity contribution < 1.29 is 9.47 Å². The minimum absolute atomic E-state index is 0.478. The van der Waals surface area contributed by atoms with Gasteiger partial charge >= 0.3 is 0 Å². The van der Waals surface area contributed by atoms with Gasteiger partial charge in [-0.2, -0.15) is 0 Å². The molecule has 0 amide bonds. The first-order valence-corrected chi connectivity index (χ1v) is 17.2. The molecule has 0 radical (unpaired) electrons. The SMILES string of the molecule is C[Si](C)(CC[Si](C)(C)c1ccc(CC2CO2)cc1)c1ccc(CC2CO2)cc1. The predicted molar refractivity (Wildman–Crippen MR) is 124 cm³/mol. The van der Waals surface area contributed by atoms with Gasteiger partial charge in [-0.3, -0.25) is 0 Å². The molecular formula is C24H34O2Si2. The fourth-order valence-electron chi connectivity index (χ4n) is 4.00. The summed E-state index contributed by atoms with van der Waals surface area (Å²) in [5, 5.41) is 3.19. The molecule has 0 aromatic heterocycles. The van der Waals surface area contributed by atoms with Gasteiger partial charge in [0.25, 0.3) is 0 Å². The number of hydrogen-bond acceptors (Lipinski definition) is 2. The van der Waals surface area contributed by atoms with Gasteiger partial charge < -0.3 is 9.47 Å². The van der Waals surface area contributed by atoms with Gasteiger partial charge in [0.2, 0.25) is 0 Å². The van der Waals surface area contributed by atoms with Crippen LogP contribution in [0.15, 0.2) is 48.5 Å². The Balaban J connectivity index is 1.36. The van der Waals surface area contributed by atoms with Crippen molar-refractivity contribution in [2.75, 3.05) is 13.2 Å². The molecule has 2 unspecified atom stereocenters. The topological polar surface area (TPSA) is 25.1 Å². The van der Waals surface area contributed by atoms with Crippen LogP contribution in [0.25, 0.3) is 0 Å². The van der Waals surface area contributed by atoms with Crippen LogP contribution in [0.1, 0.15) is 11.1 Å². The number of rotatable bonds is 9. The molecule has 2 saturated heterocycles. The van der Waals surface area contributed by atoms with E-state index in [-0.39, 0.29) is 0 Å². The highest BCUT2D eigenvalue weighted by Crippen LogP contribution is 2.22. The lowest BCUT2D eigenvalue weighted by Crippen LogP contribution is -2.47. The summed E-state index contributed by atoms with van der Waals surface area (Å²) in [4.78, 5) is 0. The van der Waals surface area contributed by atoms with Crippen molar-refractivity contribution in [2.45, 2.75) is 63.3 Å². The van der Waals surface area contributed by atoms with E-state index < -0.39 is 16.1 Å². The van der Waals surface area contributed by atoms with E-state index in [0.717, 1.165) is 26.1 Å². The van der Waals surface area contributed by atoms with Gasteiger partial charge in [0.15, 0.2) is 0 Å². The quantitative estimate of drug-likeness (QED) is 0.459. The van der Waals surface area contributed by atoms with Crippen molar-refractivity contribution in [2.24, 2.45) is 0 Å². The van der Waals surface area contributed by atoms with Crippen molar-refractivity contribution in [1.29, 1.82) is 0 Å². The van der Waals surface area contributed by atoms with Gasteiger partial charge in [-0.05, 0) is 11.1 Å². The largest absolute Gasteiger partial charge is 0.373 e. The zero-order valence-corrected chi connectivity index (χ0v) is 19.8. The summed E-state index contributed by atoms with van der Waals surface area (Å²) in [6.07, 6.45) is 3.10. The molecule has 2 heterocycles. The molecule has 2 aromatic rings. The van der Waals surface area contributed by atoms with Crippen molar-refractivity contribution in [3.63, 3.8) is 0 Å². The lowest BCUT2D eigenvalue weighted by molar-refractivity contribution is 0.407. The Kier molecular flexibility index (Phi) is 5.67. The second-order valence-electron chi connectivity index (χ2n) is 9.98. The van der Waals surface area contributed by atoms with Crippen molar-refractivity contribution >= 4 is 26.5 Å². The van der Waals surface area contributed by atoms with Crippen LogP contribution < -0.4 is 10.4 Å². The zero-order chi connectivity index (χ0) is 19.8. The summed E-state index contributed by atoms with van der Waals surface area (Å²) < 4.78 is 10.7. The van der Waals surface area contributed by atoms with Crippen LogP contribution in [0.4, 0.5) is 0 Å². The van der Waals surface area contributed by atoms with E-state index in [0.29, 0.717) is 12.2 Å². The van der Waals surface area contributed by atoms with Gasteiger partial charge in [-0.25, -0.2) is 0 Å². The molecule has 2 fully saturated rings. The van der Waals surface area contributed by atoms with Gasteiger partial charge in [0, 0.05) is 12.8 Å². The van der Waals surface area contributed by atoms with Crippen LogP contribution in [-0.2, 0) is 22.3 Å². The summed E-state index contributed by atoms with van der Waals surface area (Å²) in [7, 11) is -2.81. The van der Waals surface area contributed by atoms with E-state index in [1.165, 1.54) is 23.2 Å². The predicted octanol–water partition coefficient (Wildman–Crippen LogP) is 4.10. The molecule has 0 saturated carbocycles. The van der Waals surface area contributed by atoms with E-state index in [1.807, 2.05) is 0 Å². The first-order valence-electron chi connectivity index (χ1n) is 10.7. The van der Waals surface area contributed by atoms with E-state index in [4.69, 9.17) is 9.47 Å². The molecule has 0 N–H and O–H groups in total. The minimum Gasteiger partial charge on any atom is -0.373 e. The Hall–Kier alpha value is -1.21.